The Kier molecular flexibility index (Phi) is 4.68. The Morgan fingerprint density at radius 3 is 2.41 bits per heavy atom. The molecule has 1 aliphatic heterocycles. The van der Waals surface area contributed by atoms with Crippen LogP contribution in [0.15, 0.2) is 18.2 Å². The van der Waals surface area contributed by atoms with Crippen LogP contribution in [0.5, 0.6) is 0 Å². The van der Waals surface area contributed by atoms with E-state index in [1.54, 1.807) is 6.07 Å². The Morgan fingerprint density at radius 2 is 1.81 bits per heavy atom. The van der Waals surface area contributed by atoms with Gasteiger partial charge in [-0.2, -0.15) is 0 Å². The number of hydrogen-bond donors (Lipinski definition) is 3. The van der Waals surface area contributed by atoms with Gasteiger partial charge in [-0.1, -0.05) is 6.07 Å². The molecule has 0 unspecified atom stereocenters. The summed E-state index contributed by atoms with van der Waals surface area (Å²) in [5.41, 5.74) is 9.69. The van der Waals surface area contributed by atoms with E-state index in [0.717, 1.165) is 28.0 Å². The summed E-state index contributed by atoms with van der Waals surface area (Å²) in [6.07, 6.45) is 0.736. The molecule has 5 nitrogen and oxygen atoms in total. The maximum atomic E-state index is 12.8. The second-order valence-electron chi connectivity index (χ2n) is 8.76. The fourth-order valence-corrected chi connectivity index (χ4v) is 5.40. The number of thiophene rings is 1. The second-order valence-corrected chi connectivity index (χ2v) is 9.78. The van der Waals surface area contributed by atoms with Crippen molar-refractivity contribution >= 4 is 28.2 Å². The number of anilines is 1. The van der Waals surface area contributed by atoms with Crippen LogP contribution in [-0.2, 0) is 12.0 Å². The molecule has 3 rings (SSSR count). The summed E-state index contributed by atoms with van der Waals surface area (Å²) in [7, 11) is 0. The number of fused-ring (bicyclic) bond motifs is 1. The number of amides is 2. The van der Waals surface area contributed by atoms with E-state index in [9.17, 15) is 9.59 Å². The van der Waals surface area contributed by atoms with Gasteiger partial charge in [0.15, 0.2) is 0 Å². The Hall–Kier alpha value is -2.18. The van der Waals surface area contributed by atoms with Gasteiger partial charge in [0.1, 0.15) is 10.5 Å². The van der Waals surface area contributed by atoms with E-state index in [2.05, 4.69) is 38.3 Å². The monoisotopic (exact) mass is 386 g/mol. The van der Waals surface area contributed by atoms with Crippen LogP contribution in [0.4, 0.5) is 5.00 Å². The maximum absolute atomic E-state index is 12.8. The molecule has 144 valence electrons. The van der Waals surface area contributed by atoms with Crippen LogP contribution < -0.4 is 16.4 Å². The summed E-state index contributed by atoms with van der Waals surface area (Å²) >= 11 is 1.46. The van der Waals surface area contributed by atoms with Gasteiger partial charge in [0.2, 0.25) is 0 Å². The molecule has 2 aromatic rings. The highest BCUT2D eigenvalue weighted by Gasteiger charge is 2.45. The number of benzene rings is 1. The lowest BCUT2D eigenvalue weighted by Crippen LogP contribution is -3.03. The second kappa shape index (κ2) is 6.46. The summed E-state index contributed by atoms with van der Waals surface area (Å²) in [4.78, 5) is 26.2. The highest BCUT2D eigenvalue weighted by atomic mass is 32.1. The molecule has 2 heterocycles. The zero-order chi connectivity index (χ0) is 20.1. The van der Waals surface area contributed by atoms with E-state index in [4.69, 9.17) is 5.73 Å². The first-order chi connectivity index (χ1) is 12.4. The number of aryl methyl sites for hydroxylation is 2. The molecule has 1 aliphatic rings. The van der Waals surface area contributed by atoms with E-state index in [1.807, 2.05) is 26.0 Å². The summed E-state index contributed by atoms with van der Waals surface area (Å²) in [5.74, 6) is -0.711. The lowest BCUT2D eigenvalue weighted by atomic mass is 9.81. The van der Waals surface area contributed by atoms with E-state index >= 15 is 0 Å². The van der Waals surface area contributed by atoms with Gasteiger partial charge >= 0.3 is 0 Å². The molecular formula is C21H28N3O2S+. The normalized spacial score (nSPS) is 17.3. The maximum Gasteiger partial charge on any atom is 0.256 e. The van der Waals surface area contributed by atoms with Gasteiger partial charge in [-0.05, 0) is 70.4 Å². The van der Waals surface area contributed by atoms with E-state index in [0.29, 0.717) is 16.1 Å². The molecule has 0 spiro atoms. The number of primary amides is 1. The van der Waals surface area contributed by atoms with Crippen LogP contribution in [0.2, 0.25) is 0 Å². The molecule has 0 radical (unpaired) electrons. The molecule has 2 amide bonds. The molecule has 1 aromatic carbocycles. The minimum atomic E-state index is -0.489. The fourth-order valence-electron chi connectivity index (χ4n) is 4.11. The van der Waals surface area contributed by atoms with Crippen LogP contribution in [-0.4, -0.2) is 17.4 Å². The fraction of sp³-hybridized carbons (Fsp3) is 0.429. The molecule has 1 aromatic heterocycles. The number of rotatable bonds is 3. The van der Waals surface area contributed by atoms with Gasteiger partial charge in [-0.3, -0.25) is 9.59 Å². The van der Waals surface area contributed by atoms with Gasteiger partial charge in [0.25, 0.3) is 11.8 Å². The third kappa shape index (κ3) is 3.64. The molecule has 0 saturated heterocycles. The highest BCUT2D eigenvalue weighted by Crippen LogP contribution is 2.42. The third-order valence-corrected chi connectivity index (χ3v) is 6.71. The first kappa shape index (κ1) is 19.6. The van der Waals surface area contributed by atoms with Crippen molar-refractivity contribution < 1.29 is 14.9 Å². The SMILES string of the molecule is Cc1ccc(C(=O)Nc2sc3c(c2C(N)=O)CC(C)(C)[NH2+]C3(C)C)cc1C. The number of quaternary nitrogens is 1. The Labute approximate surface area is 164 Å². The van der Waals surface area contributed by atoms with Gasteiger partial charge in [0, 0.05) is 12.0 Å². The molecular weight excluding hydrogens is 358 g/mol. The zero-order valence-electron chi connectivity index (χ0n) is 16.8. The largest absolute Gasteiger partial charge is 0.365 e. The zero-order valence-corrected chi connectivity index (χ0v) is 17.6. The lowest BCUT2D eigenvalue weighted by molar-refractivity contribution is -0.789. The summed E-state index contributed by atoms with van der Waals surface area (Å²) < 4.78 is 0. The number of hydrogen-bond acceptors (Lipinski definition) is 3. The first-order valence-corrected chi connectivity index (χ1v) is 9.94. The van der Waals surface area contributed by atoms with E-state index in [-0.39, 0.29) is 17.0 Å². The van der Waals surface area contributed by atoms with Crippen LogP contribution in [0, 0.1) is 13.8 Å². The van der Waals surface area contributed by atoms with Crippen molar-refractivity contribution in [3.05, 3.63) is 50.9 Å². The van der Waals surface area contributed by atoms with Crippen molar-refractivity contribution in [2.24, 2.45) is 5.73 Å². The number of nitrogens with one attached hydrogen (secondary N) is 1. The first-order valence-electron chi connectivity index (χ1n) is 9.13. The lowest BCUT2D eigenvalue weighted by Gasteiger charge is -2.38. The van der Waals surface area contributed by atoms with Crippen LogP contribution >= 0.6 is 11.3 Å². The summed E-state index contributed by atoms with van der Waals surface area (Å²) in [5, 5.41) is 5.81. The van der Waals surface area contributed by atoms with Crippen molar-refractivity contribution in [1.82, 2.24) is 0 Å². The predicted octanol–water partition coefficient (Wildman–Crippen LogP) is 2.85. The van der Waals surface area contributed by atoms with Crippen molar-refractivity contribution in [3.8, 4) is 0 Å². The average Bonchev–Trinajstić information content (AvgIpc) is 2.86. The van der Waals surface area contributed by atoms with Crippen molar-refractivity contribution in [3.63, 3.8) is 0 Å². The molecule has 0 aliphatic carbocycles. The number of nitrogens with two attached hydrogens (primary N) is 2. The smallest absolute Gasteiger partial charge is 0.256 e. The topological polar surface area (TPSA) is 88.8 Å². The van der Waals surface area contributed by atoms with E-state index in [1.165, 1.54) is 11.3 Å². The third-order valence-electron chi connectivity index (χ3n) is 5.22. The Morgan fingerprint density at radius 1 is 1.15 bits per heavy atom. The molecule has 0 atom stereocenters. The molecule has 0 fully saturated rings. The Balaban J connectivity index is 2.04. The molecule has 0 bridgehead atoms. The van der Waals surface area contributed by atoms with Crippen LogP contribution in [0.1, 0.15) is 70.0 Å². The van der Waals surface area contributed by atoms with Crippen molar-refractivity contribution in [1.29, 1.82) is 0 Å². The van der Waals surface area contributed by atoms with Crippen LogP contribution in [0.3, 0.4) is 0 Å². The minimum absolute atomic E-state index is 0.0445. The molecule has 27 heavy (non-hydrogen) atoms. The molecule has 0 saturated carbocycles. The van der Waals surface area contributed by atoms with Gasteiger partial charge in [0.05, 0.1) is 16.0 Å². The van der Waals surface area contributed by atoms with Crippen molar-refractivity contribution in [2.75, 3.05) is 5.32 Å². The number of carbonyl (C=O) groups is 2. The molecule has 5 N–H and O–H groups in total. The number of carbonyl (C=O) groups excluding carboxylic acids is 2. The average molecular weight is 387 g/mol. The Bertz CT molecular complexity index is 941. The molecule has 6 heteroatoms. The summed E-state index contributed by atoms with van der Waals surface area (Å²) in [6, 6.07) is 5.60. The highest BCUT2D eigenvalue weighted by molar-refractivity contribution is 7.17. The van der Waals surface area contributed by atoms with Crippen molar-refractivity contribution in [2.45, 2.75) is 59.0 Å². The minimum Gasteiger partial charge on any atom is -0.365 e. The van der Waals surface area contributed by atoms with Crippen LogP contribution in [0.25, 0.3) is 0 Å². The van der Waals surface area contributed by atoms with Gasteiger partial charge in [-0.25, -0.2) is 0 Å². The summed E-state index contributed by atoms with van der Waals surface area (Å²) in [6.45, 7) is 12.6. The standard InChI is InChI=1S/C21H27N3O2S/c1-11-7-8-13(9-12(11)2)18(26)23-19-15(17(22)25)14-10-20(3,4)24-21(5,6)16(14)27-19/h7-9,24H,10H2,1-6H3,(H2,22,25)(H,23,26)/p+1. The van der Waals surface area contributed by atoms with E-state index < -0.39 is 5.91 Å². The predicted molar refractivity (Wildman–Crippen MR) is 109 cm³/mol. The quantitative estimate of drug-likeness (QED) is 0.757. The van der Waals surface area contributed by atoms with Gasteiger partial charge in [-0.15, -0.1) is 11.3 Å². The van der Waals surface area contributed by atoms with Gasteiger partial charge < -0.3 is 16.4 Å².